The molecule has 0 aliphatic carbocycles. The fourth-order valence-corrected chi connectivity index (χ4v) is 2.78. The molecule has 1 heterocycles. The molecule has 1 aromatic heterocycles. The van der Waals surface area contributed by atoms with Crippen LogP contribution in [0.3, 0.4) is 0 Å². The van der Waals surface area contributed by atoms with Gasteiger partial charge >= 0.3 is 0 Å². The van der Waals surface area contributed by atoms with Crippen LogP contribution in [0.1, 0.15) is 10.4 Å². The summed E-state index contributed by atoms with van der Waals surface area (Å²) in [4.78, 5) is 14.8. The quantitative estimate of drug-likeness (QED) is 0.758. The number of carbonyl (C=O) groups is 1. The minimum atomic E-state index is -3.95. The van der Waals surface area contributed by atoms with Gasteiger partial charge in [0.25, 0.3) is 15.9 Å². The zero-order chi connectivity index (χ0) is 14.8. The smallest absolute Gasteiger partial charge is 0.265 e. The minimum absolute atomic E-state index is 0.0681. The maximum absolute atomic E-state index is 12.2. The van der Waals surface area contributed by atoms with Crippen molar-refractivity contribution in [3.63, 3.8) is 0 Å². The van der Waals surface area contributed by atoms with Crippen molar-refractivity contribution in [1.82, 2.24) is 4.98 Å². The van der Waals surface area contributed by atoms with Gasteiger partial charge in [0.1, 0.15) is 10.7 Å². The SMILES string of the molecule is NC(=O)c1ccccc1NS(=O)(=O)c1cccnc1N. The van der Waals surface area contributed by atoms with E-state index >= 15 is 0 Å². The van der Waals surface area contributed by atoms with E-state index in [0.717, 1.165) is 0 Å². The lowest BCUT2D eigenvalue weighted by molar-refractivity contribution is 0.100. The number of hydrogen-bond donors (Lipinski definition) is 3. The maximum atomic E-state index is 12.2. The van der Waals surface area contributed by atoms with Gasteiger partial charge in [-0.05, 0) is 24.3 Å². The highest BCUT2D eigenvalue weighted by Gasteiger charge is 2.20. The summed E-state index contributed by atoms with van der Waals surface area (Å²) >= 11 is 0. The van der Waals surface area contributed by atoms with E-state index in [-0.39, 0.29) is 22.0 Å². The first-order valence-electron chi connectivity index (χ1n) is 5.54. The van der Waals surface area contributed by atoms with Crippen LogP contribution in [0, 0.1) is 0 Å². The molecule has 2 aromatic rings. The molecular formula is C12H12N4O3S. The molecule has 0 radical (unpaired) electrons. The third kappa shape index (κ3) is 2.69. The highest BCUT2D eigenvalue weighted by molar-refractivity contribution is 7.92. The Kier molecular flexibility index (Phi) is 3.57. The van der Waals surface area contributed by atoms with E-state index in [1.165, 1.54) is 30.5 Å². The van der Waals surface area contributed by atoms with Crippen LogP contribution in [0.15, 0.2) is 47.5 Å². The minimum Gasteiger partial charge on any atom is -0.383 e. The molecule has 2 rings (SSSR count). The topological polar surface area (TPSA) is 128 Å². The molecule has 1 amide bonds. The Morgan fingerprint density at radius 2 is 1.85 bits per heavy atom. The molecule has 0 saturated heterocycles. The predicted octanol–water partition coefficient (Wildman–Crippen LogP) is 0.564. The van der Waals surface area contributed by atoms with Crippen molar-refractivity contribution in [2.75, 3.05) is 10.5 Å². The van der Waals surface area contributed by atoms with Crippen molar-refractivity contribution in [2.45, 2.75) is 4.90 Å². The second-order valence-electron chi connectivity index (χ2n) is 3.90. The summed E-state index contributed by atoms with van der Waals surface area (Å²) < 4.78 is 26.7. The van der Waals surface area contributed by atoms with Crippen molar-refractivity contribution in [3.8, 4) is 0 Å². The normalized spacial score (nSPS) is 11.0. The molecule has 8 heteroatoms. The van der Waals surface area contributed by atoms with Crippen molar-refractivity contribution >= 4 is 27.4 Å². The molecule has 0 bridgehead atoms. The van der Waals surface area contributed by atoms with Gasteiger partial charge in [-0.3, -0.25) is 9.52 Å². The second kappa shape index (κ2) is 5.17. The molecule has 104 valence electrons. The van der Waals surface area contributed by atoms with Crippen molar-refractivity contribution in [2.24, 2.45) is 5.73 Å². The van der Waals surface area contributed by atoms with Gasteiger partial charge in [0.15, 0.2) is 0 Å². The molecule has 0 fully saturated rings. The van der Waals surface area contributed by atoms with Gasteiger partial charge in [0, 0.05) is 6.20 Å². The van der Waals surface area contributed by atoms with Crippen molar-refractivity contribution in [3.05, 3.63) is 48.2 Å². The number of primary amides is 1. The molecule has 20 heavy (non-hydrogen) atoms. The van der Waals surface area contributed by atoms with Gasteiger partial charge in [-0.1, -0.05) is 12.1 Å². The fraction of sp³-hybridized carbons (Fsp3) is 0. The number of anilines is 2. The number of para-hydroxylation sites is 1. The van der Waals surface area contributed by atoms with E-state index < -0.39 is 15.9 Å². The van der Waals surface area contributed by atoms with Gasteiger partial charge in [-0.2, -0.15) is 0 Å². The highest BCUT2D eigenvalue weighted by Crippen LogP contribution is 2.21. The monoisotopic (exact) mass is 292 g/mol. The Labute approximate surface area is 115 Å². The summed E-state index contributed by atoms with van der Waals surface area (Å²) in [5.41, 5.74) is 10.9. The largest absolute Gasteiger partial charge is 0.383 e. The first-order valence-corrected chi connectivity index (χ1v) is 7.02. The lowest BCUT2D eigenvalue weighted by Crippen LogP contribution is -2.19. The van der Waals surface area contributed by atoms with E-state index in [1.54, 1.807) is 12.1 Å². The Hall–Kier alpha value is -2.61. The zero-order valence-corrected chi connectivity index (χ0v) is 11.1. The van der Waals surface area contributed by atoms with Gasteiger partial charge in [-0.15, -0.1) is 0 Å². The van der Waals surface area contributed by atoms with Crippen LogP contribution >= 0.6 is 0 Å². The molecule has 0 aliphatic heterocycles. The molecule has 7 nitrogen and oxygen atoms in total. The summed E-state index contributed by atoms with van der Waals surface area (Å²) in [6, 6.07) is 8.78. The molecule has 0 atom stereocenters. The van der Waals surface area contributed by atoms with Crippen LogP contribution in [0.2, 0.25) is 0 Å². The number of nitrogen functional groups attached to an aromatic ring is 1. The van der Waals surface area contributed by atoms with Crippen LogP contribution in [0.5, 0.6) is 0 Å². The fourth-order valence-electron chi connectivity index (χ4n) is 1.62. The summed E-state index contributed by atoms with van der Waals surface area (Å²) in [5.74, 6) is -0.862. The lowest BCUT2D eigenvalue weighted by atomic mass is 10.2. The number of hydrogen-bond acceptors (Lipinski definition) is 5. The van der Waals surface area contributed by atoms with Crippen LogP contribution in [-0.4, -0.2) is 19.3 Å². The molecule has 1 aromatic carbocycles. The van der Waals surface area contributed by atoms with Crippen LogP contribution in [0.25, 0.3) is 0 Å². The van der Waals surface area contributed by atoms with E-state index in [2.05, 4.69) is 9.71 Å². The van der Waals surface area contributed by atoms with Crippen molar-refractivity contribution in [1.29, 1.82) is 0 Å². The van der Waals surface area contributed by atoms with Gasteiger partial charge in [-0.25, -0.2) is 13.4 Å². The summed E-state index contributed by atoms with van der Waals surface area (Å²) in [7, 11) is -3.95. The van der Waals surface area contributed by atoms with E-state index in [9.17, 15) is 13.2 Å². The Bertz CT molecular complexity index is 759. The third-order valence-corrected chi connectivity index (χ3v) is 3.94. The number of nitrogens with zero attached hydrogens (tertiary/aromatic N) is 1. The van der Waals surface area contributed by atoms with Crippen LogP contribution < -0.4 is 16.2 Å². The number of sulfonamides is 1. The first-order chi connectivity index (χ1) is 9.42. The number of pyridine rings is 1. The average Bonchev–Trinajstić information content (AvgIpc) is 2.39. The Morgan fingerprint density at radius 1 is 1.15 bits per heavy atom. The van der Waals surface area contributed by atoms with Crippen LogP contribution in [0.4, 0.5) is 11.5 Å². The molecule has 0 saturated carbocycles. The average molecular weight is 292 g/mol. The molecule has 5 N–H and O–H groups in total. The van der Waals surface area contributed by atoms with E-state index in [1.807, 2.05) is 0 Å². The number of rotatable bonds is 4. The van der Waals surface area contributed by atoms with Crippen molar-refractivity contribution < 1.29 is 13.2 Å². The summed E-state index contributed by atoms with van der Waals surface area (Å²) in [6.45, 7) is 0. The number of amides is 1. The van der Waals surface area contributed by atoms with E-state index in [0.29, 0.717) is 0 Å². The maximum Gasteiger partial charge on any atom is 0.265 e. The van der Waals surface area contributed by atoms with E-state index in [4.69, 9.17) is 11.5 Å². The molecular weight excluding hydrogens is 280 g/mol. The zero-order valence-electron chi connectivity index (χ0n) is 10.3. The number of nitrogens with two attached hydrogens (primary N) is 2. The van der Waals surface area contributed by atoms with Crippen LogP contribution in [-0.2, 0) is 10.0 Å². The second-order valence-corrected chi connectivity index (χ2v) is 5.55. The number of aromatic nitrogens is 1. The lowest BCUT2D eigenvalue weighted by Gasteiger charge is -2.11. The Morgan fingerprint density at radius 3 is 2.50 bits per heavy atom. The predicted molar refractivity (Wildman–Crippen MR) is 74.4 cm³/mol. The standard InChI is InChI=1S/C12H12N4O3S/c13-11-10(6-3-7-15-11)20(18,19)16-9-5-2-1-4-8(9)12(14)17/h1-7,16H,(H2,13,15)(H2,14,17). The molecule has 0 unspecified atom stereocenters. The third-order valence-electron chi connectivity index (χ3n) is 2.53. The number of carbonyl (C=O) groups excluding carboxylic acids is 1. The number of benzene rings is 1. The van der Waals surface area contributed by atoms with Gasteiger partial charge < -0.3 is 11.5 Å². The molecule has 0 spiro atoms. The Balaban J connectivity index is 2.45. The summed E-state index contributed by atoms with van der Waals surface area (Å²) in [6.07, 6.45) is 1.38. The highest BCUT2D eigenvalue weighted by atomic mass is 32.2. The van der Waals surface area contributed by atoms with Gasteiger partial charge in [0.05, 0.1) is 11.3 Å². The van der Waals surface area contributed by atoms with Gasteiger partial charge in [0.2, 0.25) is 0 Å². The first kappa shape index (κ1) is 13.8. The molecule has 0 aliphatic rings. The summed E-state index contributed by atoms with van der Waals surface area (Å²) in [5, 5.41) is 0. The number of nitrogens with one attached hydrogen (secondary N) is 1.